The Bertz CT molecular complexity index is 646. The van der Waals surface area contributed by atoms with Gasteiger partial charge in [0.2, 0.25) is 17.7 Å². The summed E-state index contributed by atoms with van der Waals surface area (Å²) in [6.07, 6.45) is 1.49. The molecule has 1 heterocycles. The van der Waals surface area contributed by atoms with E-state index in [-0.39, 0.29) is 18.4 Å². The molecule has 21 heavy (non-hydrogen) atoms. The van der Waals surface area contributed by atoms with Crippen molar-refractivity contribution in [2.45, 2.75) is 6.92 Å². The Hall–Kier alpha value is -2.67. The predicted molar refractivity (Wildman–Crippen MR) is 77.5 cm³/mol. The Morgan fingerprint density at radius 3 is 2.90 bits per heavy atom. The van der Waals surface area contributed by atoms with Gasteiger partial charge >= 0.3 is 0 Å². The van der Waals surface area contributed by atoms with Crippen LogP contribution < -0.4 is 20.5 Å². The molecule has 2 rings (SSSR count). The first-order valence-corrected chi connectivity index (χ1v) is 6.28. The number of amides is 1. The molecular formula is C14H16N4O3. The van der Waals surface area contributed by atoms with Crippen molar-refractivity contribution in [2.24, 2.45) is 5.73 Å². The van der Waals surface area contributed by atoms with E-state index < -0.39 is 0 Å². The fourth-order valence-corrected chi connectivity index (χ4v) is 1.62. The van der Waals surface area contributed by atoms with E-state index in [1.165, 1.54) is 6.20 Å². The van der Waals surface area contributed by atoms with Crippen LogP contribution in [0.1, 0.15) is 5.56 Å². The number of carbonyl (C=O) groups is 1. The van der Waals surface area contributed by atoms with Crippen molar-refractivity contribution in [3.8, 4) is 17.4 Å². The van der Waals surface area contributed by atoms with Crippen molar-refractivity contribution in [3.63, 3.8) is 0 Å². The number of anilines is 1. The number of aryl methyl sites for hydroxylation is 1. The van der Waals surface area contributed by atoms with Crippen LogP contribution in [-0.4, -0.2) is 29.5 Å². The van der Waals surface area contributed by atoms with Crippen LogP contribution in [0.3, 0.4) is 0 Å². The molecule has 0 radical (unpaired) electrons. The Labute approximate surface area is 122 Å². The number of nitrogens with one attached hydrogen (secondary N) is 1. The topological polar surface area (TPSA) is 99.4 Å². The average Bonchev–Trinajstić information content (AvgIpc) is 2.49. The largest absolute Gasteiger partial charge is 0.496 e. The normalized spacial score (nSPS) is 10.0. The summed E-state index contributed by atoms with van der Waals surface area (Å²) < 4.78 is 10.8. The van der Waals surface area contributed by atoms with Gasteiger partial charge in [0, 0.05) is 18.3 Å². The maximum Gasteiger partial charge on any atom is 0.240 e. The second-order valence-corrected chi connectivity index (χ2v) is 4.20. The summed E-state index contributed by atoms with van der Waals surface area (Å²) in [5.74, 6) is 1.37. The standard InChI is InChI=1S/C14H16N4O3/c1-9-3-4-10(7-11(9)20-2)21-13-5-6-16-14(18-13)17-12(19)8-15/h3-7H,8,15H2,1-2H3,(H,16,17,18,19). The van der Waals surface area contributed by atoms with Crippen LogP contribution >= 0.6 is 0 Å². The quantitative estimate of drug-likeness (QED) is 0.864. The maximum absolute atomic E-state index is 11.2. The molecule has 1 aromatic carbocycles. The molecule has 0 saturated carbocycles. The van der Waals surface area contributed by atoms with E-state index >= 15 is 0 Å². The Balaban J connectivity index is 2.16. The van der Waals surface area contributed by atoms with Gasteiger partial charge in [0.1, 0.15) is 11.5 Å². The van der Waals surface area contributed by atoms with E-state index in [0.717, 1.165) is 11.3 Å². The van der Waals surface area contributed by atoms with Crippen molar-refractivity contribution in [1.82, 2.24) is 9.97 Å². The van der Waals surface area contributed by atoms with Crippen LogP contribution in [0.15, 0.2) is 30.5 Å². The molecular weight excluding hydrogens is 272 g/mol. The lowest BCUT2D eigenvalue weighted by atomic mass is 10.2. The van der Waals surface area contributed by atoms with Gasteiger partial charge in [0.05, 0.1) is 13.7 Å². The summed E-state index contributed by atoms with van der Waals surface area (Å²) in [4.78, 5) is 19.2. The second-order valence-electron chi connectivity index (χ2n) is 4.20. The van der Waals surface area contributed by atoms with Gasteiger partial charge in [0.15, 0.2) is 0 Å². The summed E-state index contributed by atoms with van der Waals surface area (Å²) in [5.41, 5.74) is 6.22. The van der Waals surface area contributed by atoms with Gasteiger partial charge in [-0.15, -0.1) is 0 Å². The third-order valence-corrected chi connectivity index (χ3v) is 2.67. The number of nitrogens with zero attached hydrogens (tertiary/aromatic N) is 2. The minimum absolute atomic E-state index is 0.135. The Morgan fingerprint density at radius 2 is 2.19 bits per heavy atom. The van der Waals surface area contributed by atoms with Gasteiger partial charge in [0.25, 0.3) is 0 Å². The third kappa shape index (κ3) is 3.90. The molecule has 0 saturated heterocycles. The van der Waals surface area contributed by atoms with Crippen molar-refractivity contribution in [2.75, 3.05) is 19.0 Å². The highest BCUT2D eigenvalue weighted by Gasteiger charge is 2.06. The number of hydrogen-bond donors (Lipinski definition) is 2. The number of nitrogens with two attached hydrogens (primary N) is 1. The summed E-state index contributed by atoms with van der Waals surface area (Å²) >= 11 is 0. The van der Waals surface area contributed by atoms with Gasteiger partial charge in [-0.3, -0.25) is 10.1 Å². The summed E-state index contributed by atoms with van der Waals surface area (Å²) in [6, 6.07) is 7.03. The molecule has 1 aromatic heterocycles. The smallest absolute Gasteiger partial charge is 0.240 e. The minimum atomic E-state index is -0.371. The van der Waals surface area contributed by atoms with Gasteiger partial charge in [-0.05, 0) is 18.6 Å². The van der Waals surface area contributed by atoms with Crippen LogP contribution in [0.5, 0.6) is 17.4 Å². The first-order chi connectivity index (χ1) is 10.1. The van der Waals surface area contributed by atoms with Gasteiger partial charge in [-0.25, -0.2) is 4.98 Å². The van der Waals surface area contributed by atoms with Crippen LogP contribution in [0.4, 0.5) is 5.95 Å². The fraction of sp³-hybridized carbons (Fsp3) is 0.214. The zero-order valence-electron chi connectivity index (χ0n) is 11.8. The first kappa shape index (κ1) is 14.7. The highest BCUT2D eigenvalue weighted by atomic mass is 16.5. The highest BCUT2D eigenvalue weighted by Crippen LogP contribution is 2.27. The maximum atomic E-state index is 11.2. The van der Waals surface area contributed by atoms with Crippen molar-refractivity contribution in [3.05, 3.63) is 36.0 Å². The van der Waals surface area contributed by atoms with Crippen LogP contribution in [0.2, 0.25) is 0 Å². The number of hydrogen-bond acceptors (Lipinski definition) is 6. The summed E-state index contributed by atoms with van der Waals surface area (Å²) in [5, 5.41) is 2.46. The molecule has 3 N–H and O–H groups in total. The zero-order chi connectivity index (χ0) is 15.2. The zero-order valence-corrected chi connectivity index (χ0v) is 11.8. The summed E-state index contributed by atoms with van der Waals surface area (Å²) in [6.45, 7) is 1.80. The van der Waals surface area contributed by atoms with E-state index in [9.17, 15) is 4.79 Å². The van der Waals surface area contributed by atoms with Crippen LogP contribution in [-0.2, 0) is 4.79 Å². The molecule has 0 atom stereocenters. The molecule has 0 spiro atoms. The van der Waals surface area contributed by atoms with E-state index in [1.807, 2.05) is 13.0 Å². The lowest BCUT2D eigenvalue weighted by molar-refractivity contribution is -0.114. The van der Waals surface area contributed by atoms with Crippen LogP contribution in [0, 0.1) is 6.92 Å². The van der Waals surface area contributed by atoms with Crippen LogP contribution in [0.25, 0.3) is 0 Å². The number of methoxy groups -OCH3 is 1. The molecule has 0 aliphatic carbocycles. The van der Waals surface area contributed by atoms with E-state index in [1.54, 1.807) is 25.3 Å². The lowest BCUT2D eigenvalue weighted by Crippen LogP contribution is -2.23. The number of aromatic nitrogens is 2. The molecule has 7 nitrogen and oxygen atoms in total. The average molecular weight is 288 g/mol. The molecule has 0 aliphatic heterocycles. The SMILES string of the molecule is COc1cc(Oc2ccnc(NC(=O)CN)n2)ccc1C. The number of rotatable bonds is 5. The molecule has 110 valence electrons. The number of ether oxygens (including phenoxy) is 2. The number of benzene rings is 1. The molecule has 0 bridgehead atoms. The van der Waals surface area contributed by atoms with Crippen molar-refractivity contribution in [1.29, 1.82) is 0 Å². The van der Waals surface area contributed by atoms with E-state index in [2.05, 4.69) is 15.3 Å². The van der Waals surface area contributed by atoms with Gasteiger partial charge in [-0.2, -0.15) is 4.98 Å². The Morgan fingerprint density at radius 1 is 1.38 bits per heavy atom. The van der Waals surface area contributed by atoms with Crippen molar-refractivity contribution >= 4 is 11.9 Å². The van der Waals surface area contributed by atoms with Gasteiger partial charge < -0.3 is 15.2 Å². The van der Waals surface area contributed by atoms with E-state index in [4.69, 9.17) is 15.2 Å². The molecule has 7 heteroatoms. The Kier molecular flexibility index (Phi) is 4.68. The van der Waals surface area contributed by atoms with E-state index in [0.29, 0.717) is 11.6 Å². The number of carbonyl (C=O) groups excluding carboxylic acids is 1. The monoisotopic (exact) mass is 288 g/mol. The molecule has 0 fully saturated rings. The first-order valence-electron chi connectivity index (χ1n) is 6.28. The molecule has 0 unspecified atom stereocenters. The third-order valence-electron chi connectivity index (χ3n) is 2.67. The molecule has 0 aliphatic rings. The molecule has 1 amide bonds. The lowest BCUT2D eigenvalue weighted by Gasteiger charge is -2.09. The van der Waals surface area contributed by atoms with Crippen molar-refractivity contribution < 1.29 is 14.3 Å². The molecule has 2 aromatic rings. The summed E-state index contributed by atoms with van der Waals surface area (Å²) in [7, 11) is 1.59. The predicted octanol–water partition coefficient (Wildman–Crippen LogP) is 1.48. The minimum Gasteiger partial charge on any atom is -0.496 e. The fourth-order valence-electron chi connectivity index (χ4n) is 1.62. The van der Waals surface area contributed by atoms with Gasteiger partial charge in [-0.1, -0.05) is 6.07 Å². The highest BCUT2D eigenvalue weighted by molar-refractivity contribution is 5.90. The second kappa shape index (κ2) is 6.67.